The summed E-state index contributed by atoms with van der Waals surface area (Å²) in [7, 11) is 0. The van der Waals surface area contributed by atoms with Gasteiger partial charge >= 0.3 is 0 Å². The molecule has 0 bridgehead atoms. The normalized spacial score (nSPS) is 41.1. The third-order valence-corrected chi connectivity index (χ3v) is 6.17. The van der Waals surface area contributed by atoms with Crippen LogP contribution in [0.1, 0.15) is 46.5 Å². The van der Waals surface area contributed by atoms with E-state index in [9.17, 15) is 9.90 Å². The molecule has 3 atom stereocenters. The van der Waals surface area contributed by atoms with E-state index < -0.39 is 11.1 Å². The predicted molar refractivity (Wildman–Crippen MR) is 79.6 cm³/mol. The summed E-state index contributed by atoms with van der Waals surface area (Å²) in [6.07, 6.45) is 3.31. The largest absolute Gasteiger partial charge is 0.390 e. The third-order valence-electron chi connectivity index (χ3n) is 6.17. The van der Waals surface area contributed by atoms with Gasteiger partial charge < -0.3 is 20.5 Å². The van der Waals surface area contributed by atoms with Crippen LogP contribution in [0.2, 0.25) is 0 Å². The van der Waals surface area contributed by atoms with E-state index in [2.05, 4.69) is 13.8 Å². The van der Waals surface area contributed by atoms with Crippen molar-refractivity contribution in [3.05, 3.63) is 0 Å². The van der Waals surface area contributed by atoms with Gasteiger partial charge in [0.25, 0.3) is 0 Å². The van der Waals surface area contributed by atoms with Crippen molar-refractivity contribution in [1.82, 2.24) is 4.90 Å². The van der Waals surface area contributed by atoms with Crippen LogP contribution in [0.25, 0.3) is 0 Å². The zero-order valence-electron chi connectivity index (χ0n) is 13.4. The smallest absolute Gasteiger partial charge is 0.243 e. The van der Waals surface area contributed by atoms with Crippen LogP contribution in [-0.4, -0.2) is 52.9 Å². The monoisotopic (exact) mass is 296 g/mol. The van der Waals surface area contributed by atoms with E-state index in [0.29, 0.717) is 25.9 Å². The van der Waals surface area contributed by atoms with Gasteiger partial charge in [0.1, 0.15) is 5.54 Å². The summed E-state index contributed by atoms with van der Waals surface area (Å²) in [5.74, 6) is 0.186. The molecule has 0 spiro atoms. The van der Waals surface area contributed by atoms with E-state index in [4.69, 9.17) is 10.5 Å². The number of ether oxygens (including phenoxy) is 1. The highest BCUT2D eigenvalue weighted by atomic mass is 16.5. The molecule has 2 aliphatic heterocycles. The molecule has 3 fully saturated rings. The lowest BCUT2D eigenvalue weighted by Gasteiger charge is -2.66. The standard InChI is InChI=1S/C16H28N2O3/c1-14(2)12-11(5-4-10-21-12)16(14,17)13(19)18-8-6-15(3,20)7-9-18/h11-12,20H,4-10,17H2,1-3H3. The van der Waals surface area contributed by atoms with Gasteiger partial charge in [0.2, 0.25) is 5.91 Å². The Bertz CT molecular complexity index is 439. The van der Waals surface area contributed by atoms with Gasteiger partial charge in [0, 0.05) is 31.0 Å². The number of nitrogens with two attached hydrogens (primary N) is 1. The summed E-state index contributed by atoms with van der Waals surface area (Å²) in [6, 6.07) is 0. The Hall–Kier alpha value is -0.650. The number of carbonyl (C=O) groups is 1. The quantitative estimate of drug-likeness (QED) is 0.753. The molecule has 2 saturated heterocycles. The number of fused-ring (bicyclic) bond motifs is 1. The second-order valence-electron chi connectivity index (χ2n) is 7.92. The maximum absolute atomic E-state index is 13.0. The second kappa shape index (κ2) is 4.67. The SMILES string of the molecule is CC1(O)CCN(C(=O)C2(N)C3CCCOC3C2(C)C)CC1. The van der Waals surface area contributed by atoms with Crippen LogP contribution in [0.3, 0.4) is 0 Å². The molecule has 3 aliphatic rings. The maximum Gasteiger partial charge on any atom is 0.243 e. The van der Waals surface area contributed by atoms with Crippen LogP contribution in [0, 0.1) is 11.3 Å². The lowest BCUT2D eigenvalue weighted by Crippen LogP contribution is -2.82. The number of rotatable bonds is 1. The average Bonchev–Trinajstić information content (AvgIpc) is 2.45. The van der Waals surface area contributed by atoms with Crippen LogP contribution >= 0.6 is 0 Å². The summed E-state index contributed by atoms with van der Waals surface area (Å²) < 4.78 is 5.87. The number of amides is 1. The highest BCUT2D eigenvalue weighted by Crippen LogP contribution is 2.58. The van der Waals surface area contributed by atoms with Crippen LogP contribution in [-0.2, 0) is 9.53 Å². The molecule has 1 amide bonds. The molecule has 5 heteroatoms. The number of hydrogen-bond acceptors (Lipinski definition) is 4. The molecule has 21 heavy (non-hydrogen) atoms. The first-order valence-electron chi connectivity index (χ1n) is 8.12. The fraction of sp³-hybridized carbons (Fsp3) is 0.938. The number of hydrogen-bond donors (Lipinski definition) is 2. The number of piperidine rings is 1. The number of nitrogens with zero attached hydrogens (tertiary/aromatic N) is 1. The fourth-order valence-corrected chi connectivity index (χ4v) is 4.46. The van der Waals surface area contributed by atoms with Crippen molar-refractivity contribution in [3.63, 3.8) is 0 Å². The van der Waals surface area contributed by atoms with Crippen molar-refractivity contribution in [1.29, 1.82) is 0 Å². The van der Waals surface area contributed by atoms with Crippen LogP contribution in [0.15, 0.2) is 0 Å². The minimum Gasteiger partial charge on any atom is -0.390 e. The molecule has 1 saturated carbocycles. The topological polar surface area (TPSA) is 75.8 Å². The Kier molecular flexibility index (Phi) is 3.39. The van der Waals surface area contributed by atoms with Gasteiger partial charge in [-0.2, -0.15) is 0 Å². The second-order valence-corrected chi connectivity index (χ2v) is 7.92. The Morgan fingerprint density at radius 2 is 1.90 bits per heavy atom. The van der Waals surface area contributed by atoms with Crippen molar-refractivity contribution >= 4 is 5.91 Å². The van der Waals surface area contributed by atoms with E-state index in [0.717, 1.165) is 19.4 Å². The molecule has 5 nitrogen and oxygen atoms in total. The first-order chi connectivity index (χ1) is 9.70. The lowest BCUT2D eigenvalue weighted by molar-refractivity contribution is -0.231. The summed E-state index contributed by atoms with van der Waals surface area (Å²) in [6.45, 7) is 7.92. The van der Waals surface area contributed by atoms with E-state index >= 15 is 0 Å². The summed E-state index contributed by atoms with van der Waals surface area (Å²) >= 11 is 0. The first kappa shape index (κ1) is 15.3. The van der Waals surface area contributed by atoms with E-state index in [1.807, 2.05) is 11.8 Å². The van der Waals surface area contributed by atoms with Gasteiger partial charge in [-0.15, -0.1) is 0 Å². The molecule has 0 aromatic carbocycles. The first-order valence-corrected chi connectivity index (χ1v) is 8.12. The molecule has 2 heterocycles. The minimum absolute atomic E-state index is 0.0507. The molecule has 3 rings (SSSR count). The van der Waals surface area contributed by atoms with Gasteiger partial charge in [-0.05, 0) is 32.6 Å². The number of aliphatic hydroxyl groups is 1. The van der Waals surface area contributed by atoms with Crippen molar-refractivity contribution < 1.29 is 14.6 Å². The van der Waals surface area contributed by atoms with Gasteiger partial charge in [-0.3, -0.25) is 4.79 Å². The Morgan fingerprint density at radius 1 is 1.29 bits per heavy atom. The highest BCUT2D eigenvalue weighted by molar-refractivity contribution is 5.89. The number of carbonyl (C=O) groups excluding carboxylic acids is 1. The molecule has 1 aliphatic carbocycles. The van der Waals surface area contributed by atoms with Crippen molar-refractivity contribution in [2.24, 2.45) is 17.1 Å². The van der Waals surface area contributed by atoms with Crippen LogP contribution in [0.5, 0.6) is 0 Å². The molecule has 0 radical (unpaired) electrons. The van der Waals surface area contributed by atoms with E-state index in [-0.39, 0.29) is 23.3 Å². The zero-order chi connectivity index (χ0) is 15.5. The van der Waals surface area contributed by atoms with Crippen molar-refractivity contribution in [2.45, 2.75) is 63.7 Å². The molecule has 3 N–H and O–H groups in total. The van der Waals surface area contributed by atoms with Crippen molar-refractivity contribution in [2.75, 3.05) is 19.7 Å². The van der Waals surface area contributed by atoms with E-state index in [1.165, 1.54) is 0 Å². The van der Waals surface area contributed by atoms with Gasteiger partial charge in [0.05, 0.1) is 11.7 Å². The Morgan fingerprint density at radius 3 is 2.52 bits per heavy atom. The summed E-state index contributed by atoms with van der Waals surface area (Å²) in [5, 5.41) is 10.0. The Balaban J connectivity index is 1.77. The zero-order valence-corrected chi connectivity index (χ0v) is 13.4. The maximum atomic E-state index is 13.0. The minimum atomic E-state index is -0.818. The van der Waals surface area contributed by atoms with Crippen LogP contribution in [0.4, 0.5) is 0 Å². The highest BCUT2D eigenvalue weighted by Gasteiger charge is 2.70. The average molecular weight is 296 g/mol. The summed E-state index contributed by atoms with van der Waals surface area (Å²) in [5.41, 5.74) is 4.85. The third kappa shape index (κ3) is 2.05. The van der Waals surface area contributed by atoms with Gasteiger partial charge in [0.15, 0.2) is 0 Å². The molecule has 120 valence electrons. The van der Waals surface area contributed by atoms with Gasteiger partial charge in [-0.1, -0.05) is 13.8 Å². The molecule has 0 aromatic rings. The Labute approximate surface area is 126 Å². The summed E-state index contributed by atoms with van der Waals surface area (Å²) in [4.78, 5) is 14.9. The molecular formula is C16H28N2O3. The molecule has 0 aromatic heterocycles. The van der Waals surface area contributed by atoms with Crippen molar-refractivity contribution in [3.8, 4) is 0 Å². The fourth-order valence-electron chi connectivity index (χ4n) is 4.46. The number of likely N-dealkylation sites (tertiary alicyclic amines) is 1. The van der Waals surface area contributed by atoms with E-state index in [1.54, 1.807) is 0 Å². The van der Waals surface area contributed by atoms with Crippen LogP contribution < -0.4 is 5.73 Å². The predicted octanol–water partition coefficient (Wildman–Crippen LogP) is 0.892. The van der Waals surface area contributed by atoms with Gasteiger partial charge in [-0.25, -0.2) is 0 Å². The molecule has 3 unspecified atom stereocenters. The lowest BCUT2D eigenvalue weighted by atomic mass is 9.46. The molecular weight excluding hydrogens is 268 g/mol.